The molecule has 36 heavy (non-hydrogen) atoms. The molecule has 0 aliphatic carbocycles. The van der Waals surface area contributed by atoms with Crippen LogP contribution in [0.2, 0.25) is 10.0 Å². The lowest BCUT2D eigenvalue weighted by Crippen LogP contribution is -2.44. The number of halogens is 4. The number of benzene rings is 3. The third kappa shape index (κ3) is 6.44. The first-order valence-corrected chi connectivity index (χ1v) is 12.2. The van der Waals surface area contributed by atoms with Gasteiger partial charge in [-0.15, -0.1) is 0 Å². The van der Waals surface area contributed by atoms with Crippen LogP contribution < -0.4 is 0 Å². The van der Waals surface area contributed by atoms with Gasteiger partial charge >= 0.3 is 6.09 Å². The van der Waals surface area contributed by atoms with Crippen LogP contribution in [-0.2, 0) is 11.2 Å². The van der Waals surface area contributed by atoms with Crippen molar-refractivity contribution >= 4 is 29.3 Å². The maximum atomic E-state index is 13.8. The first-order chi connectivity index (χ1) is 17.2. The average Bonchev–Trinajstić information content (AvgIpc) is 2.79. The van der Waals surface area contributed by atoms with Crippen LogP contribution in [0, 0.1) is 11.6 Å². The van der Waals surface area contributed by atoms with Crippen molar-refractivity contribution in [1.29, 1.82) is 0 Å². The van der Waals surface area contributed by atoms with Gasteiger partial charge in [-0.25, -0.2) is 13.6 Å². The monoisotopic (exact) mass is 530 g/mol. The van der Waals surface area contributed by atoms with E-state index in [9.17, 15) is 13.6 Å². The Morgan fingerprint density at radius 2 is 1.42 bits per heavy atom. The van der Waals surface area contributed by atoms with Crippen molar-refractivity contribution in [2.45, 2.75) is 12.5 Å². The molecule has 1 amide bonds. The second-order valence-corrected chi connectivity index (χ2v) is 9.89. The molecular formula is C28H26Cl2F2N2O2. The lowest BCUT2D eigenvalue weighted by Gasteiger charge is -2.42. The van der Waals surface area contributed by atoms with Crippen molar-refractivity contribution in [3.05, 3.63) is 116 Å². The molecule has 0 saturated carbocycles. The van der Waals surface area contributed by atoms with Crippen molar-refractivity contribution in [2.75, 3.05) is 33.8 Å². The van der Waals surface area contributed by atoms with E-state index in [1.807, 2.05) is 48.5 Å². The lowest BCUT2D eigenvalue weighted by molar-refractivity contribution is 0.124. The topological polar surface area (TPSA) is 32.8 Å². The van der Waals surface area contributed by atoms with Crippen LogP contribution in [-0.4, -0.2) is 49.7 Å². The van der Waals surface area contributed by atoms with Gasteiger partial charge < -0.3 is 9.64 Å². The standard InChI is InChI=1S/C28H26Cl2F2N2O2/c1-33(2)28(35)36-17-21(11-18-12-25(31)14-26(32)13-18)22-15-34(16-22)27(19-3-7-23(29)8-4-19)20-5-9-24(30)10-6-20/h3-10,12-14,27H,11,15-17H2,1-2H3. The van der Waals surface area contributed by atoms with E-state index >= 15 is 0 Å². The fourth-order valence-electron chi connectivity index (χ4n) is 4.27. The van der Waals surface area contributed by atoms with Crippen LogP contribution in [0.4, 0.5) is 13.6 Å². The number of amides is 1. The van der Waals surface area contributed by atoms with Crippen LogP contribution in [0.25, 0.3) is 0 Å². The summed E-state index contributed by atoms with van der Waals surface area (Å²) in [5, 5.41) is 1.32. The number of carbonyl (C=O) groups is 1. The molecule has 0 atom stereocenters. The Labute approximate surface area is 219 Å². The average molecular weight is 531 g/mol. The van der Waals surface area contributed by atoms with Crippen LogP contribution in [0.15, 0.2) is 77.9 Å². The third-order valence-electron chi connectivity index (χ3n) is 6.10. The smallest absolute Gasteiger partial charge is 0.409 e. The van der Waals surface area contributed by atoms with Crippen molar-refractivity contribution in [2.24, 2.45) is 0 Å². The number of hydrogen-bond acceptors (Lipinski definition) is 3. The molecule has 4 rings (SSSR count). The zero-order valence-corrected chi connectivity index (χ0v) is 21.5. The highest BCUT2D eigenvalue weighted by atomic mass is 35.5. The van der Waals surface area contributed by atoms with Crippen molar-refractivity contribution in [3.8, 4) is 0 Å². The molecule has 1 fully saturated rings. The Bertz CT molecular complexity index is 1190. The first kappa shape index (κ1) is 26.1. The normalized spacial score (nSPS) is 13.5. The fraction of sp³-hybridized carbons (Fsp3) is 0.250. The molecule has 1 heterocycles. The summed E-state index contributed by atoms with van der Waals surface area (Å²) in [6.45, 7) is 1.27. The molecule has 8 heteroatoms. The second-order valence-electron chi connectivity index (χ2n) is 9.02. The zero-order chi connectivity index (χ0) is 25.8. The minimum atomic E-state index is -0.639. The van der Waals surface area contributed by atoms with E-state index in [0.717, 1.165) is 28.3 Å². The molecule has 0 N–H and O–H groups in total. The highest BCUT2D eigenvalue weighted by molar-refractivity contribution is 6.30. The van der Waals surface area contributed by atoms with E-state index in [4.69, 9.17) is 27.9 Å². The van der Waals surface area contributed by atoms with Gasteiger partial charge in [-0.2, -0.15) is 0 Å². The van der Waals surface area contributed by atoms with Crippen molar-refractivity contribution in [3.63, 3.8) is 0 Å². The summed E-state index contributed by atoms with van der Waals surface area (Å²) < 4.78 is 33.1. The van der Waals surface area contributed by atoms with Gasteiger partial charge in [0.2, 0.25) is 0 Å². The third-order valence-corrected chi connectivity index (χ3v) is 6.60. The van der Waals surface area contributed by atoms with Crippen LogP contribution in [0.3, 0.4) is 0 Å². The van der Waals surface area contributed by atoms with Gasteiger partial charge in [0.25, 0.3) is 0 Å². The van der Waals surface area contributed by atoms with Gasteiger partial charge in [-0.3, -0.25) is 4.90 Å². The predicted octanol–water partition coefficient (Wildman–Crippen LogP) is 6.91. The Morgan fingerprint density at radius 1 is 0.917 bits per heavy atom. The van der Waals surface area contributed by atoms with Crippen molar-refractivity contribution < 1.29 is 18.3 Å². The summed E-state index contributed by atoms with van der Waals surface area (Å²) in [7, 11) is 3.20. The Hall–Kier alpha value is -2.93. The SMILES string of the molecule is CN(C)C(=O)OCC(Cc1cc(F)cc(F)c1)=C1CN(C(c2ccc(Cl)cc2)c2ccc(Cl)cc2)C1. The number of nitrogens with zero attached hydrogens (tertiary/aromatic N) is 2. The van der Waals surface area contributed by atoms with Crippen LogP contribution in [0.1, 0.15) is 22.7 Å². The maximum Gasteiger partial charge on any atom is 0.409 e. The molecule has 3 aromatic rings. The number of carbonyl (C=O) groups excluding carboxylic acids is 1. The molecule has 3 aromatic carbocycles. The van der Waals surface area contributed by atoms with Gasteiger partial charge in [-0.05, 0) is 70.7 Å². The molecule has 4 nitrogen and oxygen atoms in total. The molecule has 1 aliphatic rings. The van der Waals surface area contributed by atoms with E-state index in [2.05, 4.69) is 4.90 Å². The molecule has 0 bridgehead atoms. The van der Waals surface area contributed by atoms with E-state index < -0.39 is 17.7 Å². The number of hydrogen-bond donors (Lipinski definition) is 0. The Morgan fingerprint density at radius 3 is 1.89 bits per heavy atom. The number of likely N-dealkylation sites (tertiary alicyclic amines) is 1. The van der Waals surface area contributed by atoms with Gasteiger partial charge in [0.1, 0.15) is 18.2 Å². The van der Waals surface area contributed by atoms with Crippen LogP contribution >= 0.6 is 23.2 Å². The molecule has 1 saturated heterocycles. The second kappa shape index (κ2) is 11.4. The predicted molar refractivity (Wildman–Crippen MR) is 138 cm³/mol. The van der Waals surface area contributed by atoms with Gasteiger partial charge in [-0.1, -0.05) is 47.5 Å². The van der Waals surface area contributed by atoms with Gasteiger partial charge in [0, 0.05) is 43.3 Å². The summed E-state index contributed by atoms with van der Waals surface area (Å²) in [6.07, 6.45) is -0.194. The summed E-state index contributed by atoms with van der Waals surface area (Å²) in [5.41, 5.74) is 4.54. The highest BCUT2D eigenvalue weighted by Crippen LogP contribution is 2.36. The maximum absolute atomic E-state index is 13.8. The summed E-state index contributed by atoms with van der Waals surface area (Å²) in [5.74, 6) is -1.28. The number of ether oxygens (including phenoxy) is 1. The number of rotatable bonds is 7. The largest absolute Gasteiger partial charge is 0.445 e. The van der Waals surface area contributed by atoms with E-state index in [-0.39, 0.29) is 19.1 Å². The van der Waals surface area contributed by atoms with Gasteiger partial charge in [0.05, 0.1) is 6.04 Å². The Balaban J connectivity index is 1.61. The fourth-order valence-corrected chi connectivity index (χ4v) is 4.52. The zero-order valence-electron chi connectivity index (χ0n) is 20.0. The van der Waals surface area contributed by atoms with Gasteiger partial charge in [0.15, 0.2) is 0 Å². The minimum absolute atomic E-state index is 0.0412. The minimum Gasteiger partial charge on any atom is -0.445 e. The molecule has 0 aromatic heterocycles. The quantitative estimate of drug-likeness (QED) is 0.311. The molecule has 1 aliphatic heterocycles. The summed E-state index contributed by atoms with van der Waals surface area (Å²) in [4.78, 5) is 15.7. The highest BCUT2D eigenvalue weighted by Gasteiger charge is 2.32. The first-order valence-electron chi connectivity index (χ1n) is 11.4. The Kier molecular flexibility index (Phi) is 8.29. The van der Waals surface area contributed by atoms with E-state index in [1.54, 1.807) is 14.1 Å². The lowest BCUT2D eigenvalue weighted by atomic mass is 9.89. The molecule has 0 radical (unpaired) electrons. The molecule has 0 spiro atoms. The summed E-state index contributed by atoms with van der Waals surface area (Å²) in [6, 6.07) is 18.9. The molecule has 188 valence electrons. The molecule has 0 unspecified atom stereocenters. The molecular weight excluding hydrogens is 505 g/mol. The van der Waals surface area contributed by atoms with Crippen LogP contribution in [0.5, 0.6) is 0 Å². The van der Waals surface area contributed by atoms with Crippen molar-refractivity contribution in [1.82, 2.24) is 9.80 Å². The van der Waals surface area contributed by atoms with E-state index in [0.29, 0.717) is 28.7 Å². The summed E-state index contributed by atoms with van der Waals surface area (Å²) >= 11 is 12.2. The van der Waals surface area contributed by atoms with E-state index in [1.165, 1.54) is 17.0 Å².